The van der Waals surface area contributed by atoms with Crippen LogP contribution in [0.3, 0.4) is 0 Å². The molecule has 134 valence electrons. The first-order chi connectivity index (χ1) is 11.3. The molecule has 0 radical (unpaired) electrons. The molecule has 0 aliphatic carbocycles. The zero-order valence-corrected chi connectivity index (χ0v) is 15.9. The third kappa shape index (κ3) is 3.59. The quantitative estimate of drug-likeness (QED) is 0.745. The SMILES string of the molecule is CO[C@@H]1CCN(c2ccnc3ccc(-c4cn[nH]c4C)cc23)C1.Cl.Cl. The lowest BCUT2D eigenvalue weighted by molar-refractivity contribution is 0.121. The van der Waals surface area contributed by atoms with Crippen LogP contribution in [0, 0.1) is 6.92 Å². The summed E-state index contributed by atoms with van der Waals surface area (Å²) in [5.74, 6) is 0. The van der Waals surface area contributed by atoms with Crippen LogP contribution < -0.4 is 4.90 Å². The Bertz CT molecular complexity index is 852. The van der Waals surface area contributed by atoms with E-state index in [0.29, 0.717) is 6.10 Å². The van der Waals surface area contributed by atoms with E-state index in [1.807, 2.05) is 19.3 Å². The summed E-state index contributed by atoms with van der Waals surface area (Å²) in [7, 11) is 1.79. The number of hydrogen-bond acceptors (Lipinski definition) is 4. The second-order valence-corrected chi connectivity index (χ2v) is 6.06. The van der Waals surface area contributed by atoms with Crippen molar-refractivity contribution in [2.75, 3.05) is 25.1 Å². The molecule has 7 heteroatoms. The number of ether oxygens (including phenoxy) is 1. The van der Waals surface area contributed by atoms with Crippen LogP contribution in [0.1, 0.15) is 12.1 Å². The number of benzene rings is 1. The van der Waals surface area contributed by atoms with Crippen LogP contribution in [-0.2, 0) is 4.74 Å². The molecule has 1 aromatic carbocycles. The highest BCUT2D eigenvalue weighted by Gasteiger charge is 2.23. The number of aromatic amines is 1. The van der Waals surface area contributed by atoms with Gasteiger partial charge in [0.1, 0.15) is 0 Å². The van der Waals surface area contributed by atoms with Gasteiger partial charge in [-0.3, -0.25) is 10.1 Å². The predicted octanol–water partition coefficient (Wildman–Crippen LogP) is 4.00. The van der Waals surface area contributed by atoms with Crippen LogP contribution in [0.25, 0.3) is 22.0 Å². The molecule has 2 aromatic heterocycles. The Kier molecular flexibility index (Phi) is 6.27. The first kappa shape index (κ1) is 19.5. The average molecular weight is 381 g/mol. The van der Waals surface area contributed by atoms with Gasteiger partial charge in [0.2, 0.25) is 0 Å². The van der Waals surface area contributed by atoms with Crippen molar-refractivity contribution in [3.05, 3.63) is 42.4 Å². The molecule has 3 aromatic rings. The van der Waals surface area contributed by atoms with Crippen LogP contribution in [0.2, 0.25) is 0 Å². The number of anilines is 1. The summed E-state index contributed by atoms with van der Waals surface area (Å²) >= 11 is 0. The molecule has 4 rings (SSSR count). The van der Waals surface area contributed by atoms with Crippen molar-refractivity contribution in [1.29, 1.82) is 0 Å². The molecule has 1 atom stereocenters. The minimum atomic E-state index is 0. The molecule has 3 heterocycles. The topological polar surface area (TPSA) is 54.0 Å². The van der Waals surface area contributed by atoms with E-state index in [1.165, 1.54) is 16.6 Å². The molecule has 0 bridgehead atoms. The lowest BCUT2D eigenvalue weighted by Gasteiger charge is -2.20. The molecule has 1 fully saturated rings. The van der Waals surface area contributed by atoms with Gasteiger partial charge in [-0.1, -0.05) is 6.07 Å². The fourth-order valence-electron chi connectivity index (χ4n) is 3.36. The van der Waals surface area contributed by atoms with E-state index in [0.717, 1.165) is 36.3 Å². The lowest BCUT2D eigenvalue weighted by Crippen LogP contribution is -2.22. The zero-order chi connectivity index (χ0) is 15.8. The number of rotatable bonds is 3. The molecule has 0 amide bonds. The maximum atomic E-state index is 5.50. The lowest BCUT2D eigenvalue weighted by atomic mass is 10.0. The summed E-state index contributed by atoms with van der Waals surface area (Å²) in [6.45, 7) is 4.00. The smallest absolute Gasteiger partial charge is 0.0762 e. The molecular weight excluding hydrogens is 359 g/mol. The number of methoxy groups -OCH3 is 1. The van der Waals surface area contributed by atoms with Crippen LogP contribution in [0.4, 0.5) is 5.69 Å². The number of H-pyrrole nitrogens is 1. The van der Waals surface area contributed by atoms with Gasteiger partial charge in [-0.05, 0) is 37.1 Å². The van der Waals surface area contributed by atoms with E-state index in [2.05, 4.69) is 44.3 Å². The van der Waals surface area contributed by atoms with Crippen molar-refractivity contribution in [3.63, 3.8) is 0 Å². The number of fused-ring (bicyclic) bond motifs is 1. The van der Waals surface area contributed by atoms with Gasteiger partial charge in [0.15, 0.2) is 0 Å². The molecule has 1 saturated heterocycles. The van der Waals surface area contributed by atoms with Crippen molar-refractivity contribution < 1.29 is 4.74 Å². The molecule has 5 nitrogen and oxygen atoms in total. The van der Waals surface area contributed by atoms with Crippen molar-refractivity contribution in [2.45, 2.75) is 19.4 Å². The molecular formula is C18H22Cl2N4O. The van der Waals surface area contributed by atoms with Crippen molar-refractivity contribution in [1.82, 2.24) is 15.2 Å². The Morgan fingerprint density at radius 1 is 1.24 bits per heavy atom. The number of halogens is 2. The summed E-state index contributed by atoms with van der Waals surface area (Å²) in [5, 5.41) is 8.32. The molecule has 0 saturated carbocycles. The van der Waals surface area contributed by atoms with E-state index < -0.39 is 0 Å². The van der Waals surface area contributed by atoms with Crippen LogP contribution in [0.5, 0.6) is 0 Å². The first-order valence-electron chi connectivity index (χ1n) is 7.93. The molecule has 0 spiro atoms. The highest BCUT2D eigenvalue weighted by Crippen LogP contribution is 2.32. The summed E-state index contributed by atoms with van der Waals surface area (Å²) in [5.41, 5.74) is 5.64. The number of hydrogen-bond donors (Lipinski definition) is 1. The molecule has 25 heavy (non-hydrogen) atoms. The Labute approximate surface area is 159 Å². The minimum absolute atomic E-state index is 0. The predicted molar refractivity (Wildman–Crippen MR) is 106 cm³/mol. The van der Waals surface area contributed by atoms with Gasteiger partial charge in [-0.2, -0.15) is 5.10 Å². The van der Waals surface area contributed by atoms with Gasteiger partial charge in [-0.15, -0.1) is 24.8 Å². The average Bonchev–Trinajstić information content (AvgIpc) is 3.22. The Morgan fingerprint density at radius 3 is 2.76 bits per heavy atom. The molecule has 1 aliphatic rings. The minimum Gasteiger partial charge on any atom is -0.380 e. The van der Waals surface area contributed by atoms with Gasteiger partial charge in [-0.25, -0.2) is 0 Å². The molecule has 1 N–H and O–H groups in total. The first-order valence-corrected chi connectivity index (χ1v) is 7.93. The van der Waals surface area contributed by atoms with E-state index in [9.17, 15) is 0 Å². The second-order valence-electron chi connectivity index (χ2n) is 6.06. The van der Waals surface area contributed by atoms with Gasteiger partial charge in [0, 0.05) is 48.7 Å². The largest absolute Gasteiger partial charge is 0.380 e. The van der Waals surface area contributed by atoms with E-state index in [-0.39, 0.29) is 24.8 Å². The third-order valence-electron chi connectivity index (χ3n) is 4.68. The van der Waals surface area contributed by atoms with E-state index in [4.69, 9.17) is 4.74 Å². The Balaban J connectivity index is 0.00000113. The number of nitrogens with zero attached hydrogens (tertiary/aromatic N) is 3. The van der Waals surface area contributed by atoms with Crippen molar-refractivity contribution in [3.8, 4) is 11.1 Å². The summed E-state index contributed by atoms with van der Waals surface area (Å²) < 4.78 is 5.50. The Morgan fingerprint density at radius 2 is 2.08 bits per heavy atom. The number of pyridine rings is 1. The van der Waals surface area contributed by atoms with Crippen LogP contribution in [0.15, 0.2) is 36.7 Å². The highest BCUT2D eigenvalue weighted by molar-refractivity contribution is 5.95. The van der Waals surface area contributed by atoms with Crippen LogP contribution >= 0.6 is 24.8 Å². The zero-order valence-electron chi connectivity index (χ0n) is 14.2. The number of aromatic nitrogens is 3. The van der Waals surface area contributed by atoms with Gasteiger partial charge in [0.25, 0.3) is 0 Å². The standard InChI is InChI=1S/C18H20N4O.2ClH/c1-12-16(10-20-21-12)13-3-4-17-15(9-13)18(5-7-19-17)22-8-6-14(11-22)23-2;;/h3-5,7,9-10,14H,6,8,11H2,1-2H3,(H,20,21);2*1H/t14-;;/m1../s1. The fourth-order valence-corrected chi connectivity index (χ4v) is 3.36. The fraction of sp³-hybridized carbons (Fsp3) is 0.333. The van der Waals surface area contributed by atoms with Gasteiger partial charge < -0.3 is 9.64 Å². The van der Waals surface area contributed by atoms with Crippen molar-refractivity contribution in [2.24, 2.45) is 0 Å². The normalized spacial score (nSPS) is 16.6. The second kappa shape index (κ2) is 8.04. The Hall–Kier alpha value is -1.82. The maximum Gasteiger partial charge on any atom is 0.0762 e. The summed E-state index contributed by atoms with van der Waals surface area (Å²) in [6.07, 6.45) is 5.16. The van der Waals surface area contributed by atoms with Gasteiger partial charge in [0.05, 0.1) is 17.8 Å². The number of nitrogens with one attached hydrogen (secondary N) is 1. The van der Waals surface area contributed by atoms with Gasteiger partial charge >= 0.3 is 0 Å². The summed E-state index contributed by atoms with van der Waals surface area (Å²) in [6, 6.07) is 8.52. The monoisotopic (exact) mass is 380 g/mol. The van der Waals surface area contributed by atoms with Crippen molar-refractivity contribution >= 4 is 41.4 Å². The van der Waals surface area contributed by atoms with E-state index in [1.54, 1.807) is 7.11 Å². The van der Waals surface area contributed by atoms with Crippen LogP contribution in [-0.4, -0.2) is 41.5 Å². The highest BCUT2D eigenvalue weighted by atomic mass is 35.5. The maximum absolute atomic E-state index is 5.50. The third-order valence-corrected chi connectivity index (χ3v) is 4.68. The molecule has 0 unspecified atom stereocenters. The number of aryl methyl sites for hydroxylation is 1. The molecule has 1 aliphatic heterocycles. The summed E-state index contributed by atoms with van der Waals surface area (Å²) in [4.78, 5) is 6.91. The van der Waals surface area contributed by atoms with E-state index >= 15 is 0 Å².